The van der Waals surface area contributed by atoms with Crippen LogP contribution >= 0.6 is 0 Å². The van der Waals surface area contributed by atoms with Gasteiger partial charge in [-0.1, -0.05) is 76.5 Å². The number of aliphatic hydroxyl groups is 1. The fourth-order valence-electron chi connectivity index (χ4n) is 6.58. The maximum Gasteiger partial charge on any atom is 0.212 e. The highest BCUT2D eigenvalue weighted by Gasteiger charge is 2.48. The average molecular weight is 493 g/mol. The fraction of sp³-hybridized carbons (Fsp3) is 0.645. The molecule has 8 unspecified atom stereocenters. The molecule has 0 radical (unpaired) electrons. The highest BCUT2D eigenvalue weighted by atomic mass is 16.5. The molecular weight excluding hydrogens is 448 g/mol. The molecule has 0 aromatic carbocycles. The SMILES string of the molecule is CCCCC(CC)COC1=NC(C2=C(O)CCCC2)NC(C2C=CC3C4C=CC=CC4OC3C2C)=C1. The highest BCUT2D eigenvalue weighted by molar-refractivity contribution is 5.89. The number of nitrogens with one attached hydrogen (secondary N) is 1. The van der Waals surface area contributed by atoms with E-state index in [1.165, 1.54) is 19.3 Å². The lowest BCUT2D eigenvalue weighted by Crippen LogP contribution is -2.42. The molecule has 5 rings (SSSR count). The molecule has 5 heteroatoms. The normalized spacial score (nSPS) is 36.0. The first kappa shape index (κ1) is 25.4. The van der Waals surface area contributed by atoms with Crippen LogP contribution < -0.4 is 5.32 Å². The van der Waals surface area contributed by atoms with Gasteiger partial charge in [-0.25, -0.2) is 4.99 Å². The maximum absolute atomic E-state index is 10.7. The van der Waals surface area contributed by atoms with Gasteiger partial charge < -0.3 is 19.9 Å². The lowest BCUT2D eigenvalue weighted by Gasteiger charge is -2.38. The summed E-state index contributed by atoms with van der Waals surface area (Å²) in [4.78, 5) is 4.95. The molecule has 5 aliphatic rings. The van der Waals surface area contributed by atoms with Crippen molar-refractivity contribution in [1.82, 2.24) is 5.32 Å². The minimum Gasteiger partial charge on any atom is -0.512 e. The molecular formula is C31H44N2O3. The molecule has 2 heterocycles. The molecule has 2 N–H and O–H groups in total. The molecule has 2 aliphatic heterocycles. The molecule has 1 saturated heterocycles. The minimum absolute atomic E-state index is 0.177. The molecule has 5 nitrogen and oxygen atoms in total. The number of rotatable bonds is 8. The molecule has 1 fully saturated rings. The predicted octanol–water partition coefficient (Wildman–Crippen LogP) is 6.77. The number of aliphatic hydroxyl groups excluding tert-OH is 1. The van der Waals surface area contributed by atoms with Crippen LogP contribution in [0.2, 0.25) is 0 Å². The van der Waals surface area contributed by atoms with E-state index >= 15 is 0 Å². The smallest absolute Gasteiger partial charge is 0.212 e. The van der Waals surface area contributed by atoms with Crippen molar-refractivity contribution in [3.63, 3.8) is 0 Å². The van der Waals surface area contributed by atoms with Crippen molar-refractivity contribution in [2.45, 2.75) is 90.5 Å². The quantitative estimate of drug-likeness (QED) is 0.367. The van der Waals surface area contributed by atoms with E-state index < -0.39 is 0 Å². The van der Waals surface area contributed by atoms with Crippen molar-refractivity contribution in [2.24, 2.45) is 34.6 Å². The van der Waals surface area contributed by atoms with Crippen molar-refractivity contribution in [3.05, 3.63) is 59.6 Å². The molecule has 0 amide bonds. The second-order valence-electron chi connectivity index (χ2n) is 11.3. The summed E-state index contributed by atoms with van der Waals surface area (Å²) in [7, 11) is 0. The van der Waals surface area contributed by atoms with E-state index in [-0.39, 0.29) is 24.3 Å². The lowest BCUT2D eigenvalue weighted by molar-refractivity contribution is 0.0125. The van der Waals surface area contributed by atoms with Crippen molar-refractivity contribution in [1.29, 1.82) is 0 Å². The number of unbranched alkanes of at least 4 members (excludes halogenated alkanes) is 1. The number of nitrogens with zero attached hydrogens (tertiary/aromatic N) is 1. The Morgan fingerprint density at radius 3 is 2.75 bits per heavy atom. The van der Waals surface area contributed by atoms with Crippen LogP contribution in [0.15, 0.2) is 64.6 Å². The Kier molecular flexibility index (Phi) is 8.05. The fourth-order valence-corrected chi connectivity index (χ4v) is 6.58. The predicted molar refractivity (Wildman–Crippen MR) is 146 cm³/mol. The summed E-state index contributed by atoms with van der Waals surface area (Å²) in [6.07, 6.45) is 24.3. The van der Waals surface area contributed by atoms with Crippen LogP contribution in [-0.4, -0.2) is 36.0 Å². The van der Waals surface area contributed by atoms with Gasteiger partial charge in [0.15, 0.2) is 0 Å². The van der Waals surface area contributed by atoms with E-state index in [0.717, 1.165) is 43.4 Å². The summed E-state index contributed by atoms with van der Waals surface area (Å²) in [6.45, 7) is 7.50. The van der Waals surface area contributed by atoms with Crippen LogP contribution in [0.25, 0.3) is 0 Å². The number of ether oxygens (including phenoxy) is 2. The van der Waals surface area contributed by atoms with Gasteiger partial charge in [0, 0.05) is 41.5 Å². The number of fused-ring (bicyclic) bond motifs is 3. The van der Waals surface area contributed by atoms with Crippen LogP contribution in [0.4, 0.5) is 0 Å². The third-order valence-electron chi connectivity index (χ3n) is 8.91. The van der Waals surface area contributed by atoms with Gasteiger partial charge in [-0.3, -0.25) is 0 Å². The molecule has 8 atom stereocenters. The first-order chi connectivity index (χ1) is 17.6. The number of allylic oxidation sites excluding steroid dienone is 4. The van der Waals surface area contributed by atoms with Gasteiger partial charge in [0.05, 0.1) is 24.6 Å². The van der Waals surface area contributed by atoms with Gasteiger partial charge in [-0.05, 0) is 37.5 Å². The highest BCUT2D eigenvalue weighted by Crippen LogP contribution is 2.46. The lowest BCUT2D eigenvalue weighted by atomic mass is 9.72. The van der Waals surface area contributed by atoms with Crippen LogP contribution in [0.3, 0.4) is 0 Å². The van der Waals surface area contributed by atoms with Gasteiger partial charge in [0.2, 0.25) is 5.90 Å². The Balaban J connectivity index is 1.38. The van der Waals surface area contributed by atoms with Crippen LogP contribution in [0, 0.1) is 29.6 Å². The third kappa shape index (κ3) is 5.22. The van der Waals surface area contributed by atoms with Gasteiger partial charge in [-0.15, -0.1) is 0 Å². The second-order valence-corrected chi connectivity index (χ2v) is 11.3. The van der Waals surface area contributed by atoms with Gasteiger partial charge in [0.25, 0.3) is 0 Å². The molecule has 0 spiro atoms. The van der Waals surface area contributed by atoms with E-state index in [1.54, 1.807) is 0 Å². The Morgan fingerprint density at radius 1 is 1.11 bits per heavy atom. The van der Waals surface area contributed by atoms with Gasteiger partial charge >= 0.3 is 0 Å². The maximum atomic E-state index is 10.7. The number of hydrogen-bond donors (Lipinski definition) is 2. The summed E-state index contributed by atoms with van der Waals surface area (Å²) in [5.74, 6) is 3.12. The first-order valence-electron chi connectivity index (χ1n) is 14.4. The summed E-state index contributed by atoms with van der Waals surface area (Å²) < 4.78 is 12.9. The molecule has 0 aromatic rings. The molecule has 0 saturated carbocycles. The van der Waals surface area contributed by atoms with Crippen molar-refractivity contribution < 1.29 is 14.6 Å². The van der Waals surface area contributed by atoms with Crippen molar-refractivity contribution in [3.8, 4) is 0 Å². The Morgan fingerprint density at radius 2 is 1.94 bits per heavy atom. The standard InChI is InChI=1S/C31H44N2O3/c1-4-6-11-21(5-2)19-35-29-18-26(32-31(33-29)25-13-7-9-14-27(25)34)22-16-17-24-23-12-8-10-15-28(23)36-30(24)20(22)3/h8,10,12,15-18,20-24,28,30-32,34H,4-7,9,11,13-14,19H2,1-3H3. The second kappa shape index (κ2) is 11.4. The van der Waals surface area contributed by atoms with E-state index in [0.29, 0.717) is 41.9 Å². The Hall–Kier alpha value is -2.27. The van der Waals surface area contributed by atoms with Gasteiger partial charge in [0.1, 0.15) is 6.17 Å². The zero-order valence-corrected chi connectivity index (χ0v) is 22.2. The molecule has 0 aromatic heterocycles. The monoisotopic (exact) mass is 492 g/mol. The zero-order valence-electron chi connectivity index (χ0n) is 22.2. The van der Waals surface area contributed by atoms with Crippen molar-refractivity contribution >= 4 is 5.90 Å². The number of hydrogen-bond acceptors (Lipinski definition) is 5. The summed E-state index contributed by atoms with van der Waals surface area (Å²) in [6, 6.07) is 0. The van der Waals surface area contributed by atoms with E-state index in [2.05, 4.69) is 68.6 Å². The van der Waals surface area contributed by atoms with Crippen LogP contribution in [0.5, 0.6) is 0 Å². The number of aliphatic imine (C=N–C) groups is 1. The van der Waals surface area contributed by atoms with Crippen LogP contribution in [0.1, 0.15) is 72.1 Å². The van der Waals surface area contributed by atoms with Crippen LogP contribution in [-0.2, 0) is 9.47 Å². The summed E-state index contributed by atoms with van der Waals surface area (Å²) in [5.41, 5.74) is 2.15. The zero-order chi connectivity index (χ0) is 25.1. The summed E-state index contributed by atoms with van der Waals surface area (Å²) >= 11 is 0. The summed E-state index contributed by atoms with van der Waals surface area (Å²) in [5, 5.41) is 14.4. The molecule has 0 bridgehead atoms. The van der Waals surface area contributed by atoms with E-state index in [9.17, 15) is 5.11 Å². The van der Waals surface area contributed by atoms with E-state index in [1.807, 2.05) is 0 Å². The molecule has 196 valence electrons. The van der Waals surface area contributed by atoms with Gasteiger partial charge in [-0.2, -0.15) is 0 Å². The average Bonchev–Trinajstić information content (AvgIpc) is 3.29. The topological polar surface area (TPSA) is 63.1 Å². The van der Waals surface area contributed by atoms with Crippen molar-refractivity contribution in [2.75, 3.05) is 6.61 Å². The Bertz CT molecular complexity index is 974. The molecule has 36 heavy (non-hydrogen) atoms. The minimum atomic E-state index is -0.257. The largest absolute Gasteiger partial charge is 0.512 e. The van der Waals surface area contributed by atoms with E-state index in [4.69, 9.17) is 14.5 Å². The first-order valence-corrected chi connectivity index (χ1v) is 14.4. The third-order valence-corrected chi connectivity index (χ3v) is 8.91. The Labute approximate surface area is 217 Å². The molecule has 3 aliphatic carbocycles.